The zero-order valence-corrected chi connectivity index (χ0v) is 13.5. The second-order valence-corrected chi connectivity index (χ2v) is 5.31. The predicted octanol–water partition coefficient (Wildman–Crippen LogP) is 4.49. The molecule has 0 aliphatic carbocycles. The van der Waals surface area contributed by atoms with Gasteiger partial charge in [0.1, 0.15) is 5.69 Å². The van der Waals surface area contributed by atoms with E-state index in [2.05, 4.69) is 10.3 Å². The van der Waals surface area contributed by atoms with Crippen molar-refractivity contribution in [3.8, 4) is 0 Å². The van der Waals surface area contributed by atoms with Crippen LogP contribution in [0.25, 0.3) is 0 Å². The Bertz CT molecular complexity index is 803. The molecule has 3 aromatic rings. The molecule has 0 aliphatic heterocycles. The Labute approximate surface area is 141 Å². The normalized spacial score (nSPS) is 10.2. The summed E-state index contributed by atoms with van der Waals surface area (Å²) in [7, 11) is 0. The number of benzene rings is 2. The maximum Gasteiger partial charge on any atom is 0.276 e. The fourth-order valence-electron chi connectivity index (χ4n) is 2.50. The minimum absolute atomic E-state index is 0.111. The third-order valence-electron chi connectivity index (χ3n) is 3.67. The Morgan fingerprint density at radius 3 is 2.29 bits per heavy atom. The molecule has 1 N–H and O–H groups in total. The molecule has 4 nitrogen and oxygen atoms in total. The highest BCUT2D eigenvalue weighted by molar-refractivity contribution is 6.05. The van der Waals surface area contributed by atoms with Crippen LogP contribution in [0.4, 0.5) is 17.1 Å². The van der Waals surface area contributed by atoms with Crippen LogP contribution in [0, 0.1) is 0 Å². The van der Waals surface area contributed by atoms with E-state index in [1.54, 1.807) is 17.2 Å². The molecule has 0 saturated carbocycles. The van der Waals surface area contributed by atoms with E-state index in [1.165, 1.54) is 0 Å². The molecule has 1 heterocycles. The number of pyridine rings is 1. The summed E-state index contributed by atoms with van der Waals surface area (Å²) in [6.45, 7) is 2.54. The van der Waals surface area contributed by atoms with Crippen molar-refractivity contribution < 1.29 is 4.79 Å². The maximum absolute atomic E-state index is 12.8. The fourth-order valence-corrected chi connectivity index (χ4v) is 2.50. The molecule has 0 aliphatic rings. The first-order chi connectivity index (χ1) is 11.8. The van der Waals surface area contributed by atoms with Gasteiger partial charge in [-0.05, 0) is 43.3 Å². The monoisotopic (exact) mass is 317 g/mol. The van der Waals surface area contributed by atoms with Crippen molar-refractivity contribution >= 4 is 23.0 Å². The molecule has 120 valence electrons. The molecule has 4 heteroatoms. The summed E-state index contributed by atoms with van der Waals surface area (Å²) in [5, 5.41) is 3.29. The highest BCUT2D eigenvalue weighted by atomic mass is 16.2. The van der Waals surface area contributed by atoms with Gasteiger partial charge in [-0.25, -0.2) is 0 Å². The number of carbonyl (C=O) groups is 1. The zero-order valence-electron chi connectivity index (χ0n) is 13.5. The Hall–Kier alpha value is -3.14. The van der Waals surface area contributed by atoms with E-state index in [0.717, 1.165) is 17.1 Å². The summed E-state index contributed by atoms with van der Waals surface area (Å²) >= 11 is 0. The molecule has 0 fully saturated rings. The molecule has 1 amide bonds. The largest absolute Gasteiger partial charge is 0.355 e. The summed E-state index contributed by atoms with van der Waals surface area (Å²) in [5.41, 5.74) is 3.09. The average Bonchev–Trinajstić information content (AvgIpc) is 2.64. The summed E-state index contributed by atoms with van der Waals surface area (Å²) in [5.74, 6) is -0.111. The lowest BCUT2D eigenvalue weighted by molar-refractivity contribution is 0.0983. The molecule has 2 aromatic carbocycles. The Balaban J connectivity index is 1.83. The molecule has 0 bridgehead atoms. The van der Waals surface area contributed by atoms with E-state index >= 15 is 0 Å². The van der Waals surface area contributed by atoms with Crippen LogP contribution in [0.15, 0.2) is 79.0 Å². The second kappa shape index (κ2) is 7.42. The molecule has 3 rings (SSSR count). The molecular formula is C20H19N3O. The first-order valence-electron chi connectivity index (χ1n) is 7.93. The van der Waals surface area contributed by atoms with Crippen LogP contribution >= 0.6 is 0 Å². The van der Waals surface area contributed by atoms with Gasteiger partial charge in [-0.2, -0.15) is 0 Å². The molecule has 0 atom stereocenters. The fraction of sp³-hybridized carbons (Fsp3) is 0.100. The average molecular weight is 317 g/mol. The van der Waals surface area contributed by atoms with E-state index in [9.17, 15) is 4.79 Å². The van der Waals surface area contributed by atoms with Crippen LogP contribution in [0.1, 0.15) is 17.4 Å². The van der Waals surface area contributed by atoms with Crippen molar-refractivity contribution in [2.24, 2.45) is 0 Å². The van der Waals surface area contributed by atoms with Gasteiger partial charge < -0.3 is 10.2 Å². The van der Waals surface area contributed by atoms with E-state index in [4.69, 9.17) is 0 Å². The molecule has 1 aromatic heterocycles. The highest BCUT2D eigenvalue weighted by Gasteiger charge is 2.17. The summed E-state index contributed by atoms with van der Waals surface area (Å²) < 4.78 is 0. The van der Waals surface area contributed by atoms with E-state index < -0.39 is 0 Å². The third kappa shape index (κ3) is 3.60. The Morgan fingerprint density at radius 1 is 0.958 bits per heavy atom. The predicted molar refractivity (Wildman–Crippen MR) is 97.8 cm³/mol. The third-order valence-corrected chi connectivity index (χ3v) is 3.67. The van der Waals surface area contributed by atoms with Gasteiger partial charge in [0.2, 0.25) is 0 Å². The molecule has 0 saturated heterocycles. The van der Waals surface area contributed by atoms with Crippen molar-refractivity contribution in [3.05, 3.63) is 84.7 Å². The topological polar surface area (TPSA) is 45.2 Å². The molecule has 0 spiro atoms. The van der Waals surface area contributed by atoms with Crippen LogP contribution < -0.4 is 10.2 Å². The van der Waals surface area contributed by atoms with Gasteiger partial charge in [0.25, 0.3) is 5.91 Å². The number of amides is 1. The SMILES string of the molecule is CCN(C(=O)c1cc(Nc2ccccc2)ccn1)c1ccccc1. The highest BCUT2D eigenvalue weighted by Crippen LogP contribution is 2.19. The van der Waals surface area contributed by atoms with Crippen LogP contribution in [-0.2, 0) is 0 Å². The van der Waals surface area contributed by atoms with Crippen LogP contribution in [0.5, 0.6) is 0 Å². The lowest BCUT2D eigenvalue weighted by atomic mass is 10.2. The standard InChI is InChI=1S/C20H19N3O/c1-2-23(18-11-7-4-8-12-18)20(24)19-15-17(13-14-21-19)22-16-9-5-3-6-10-16/h3-15H,2H2,1H3,(H,21,22). The number of carbonyl (C=O) groups excluding carboxylic acids is 1. The first-order valence-corrected chi connectivity index (χ1v) is 7.93. The maximum atomic E-state index is 12.8. The van der Waals surface area contributed by atoms with E-state index in [-0.39, 0.29) is 5.91 Å². The first kappa shape index (κ1) is 15.7. The molecule has 0 radical (unpaired) electrons. The number of aromatic nitrogens is 1. The van der Waals surface area contributed by atoms with Crippen molar-refractivity contribution in [2.45, 2.75) is 6.92 Å². The number of hydrogen-bond acceptors (Lipinski definition) is 3. The lowest BCUT2D eigenvalue weighted by Gasteiger charge is -2.20. The van der Waals surface area contributed by atoms with E-state index in [0.29, 0.717) is 12.2 Å². The van der Waals surface area contributed by atoms with Gasteiger partial charge in [-0.3, -0.25) is 9.78 Å². The van der Waals surface area contributed by atoms with Crippen molar-refractivity contribution in [1.82, 2.24) is 4.98 Å². The zero-order chi connectivity index (χ0) is 16.8. The molecule has 24 heavy (non-hydrogen) atoms. The second-order valence-electron chi connectivity index (χ2n) is 5.31. The van der Waals surface area contributed by atoms with Gasteiger partial charge in [0, 0.05) is 29.8 Å². The van der Waals surface area contributed by atoms with E-state index in [1.807, 2.05) is 73.7 Å². The van der Waals surface area contributed by atoms with Gasteiger partial charge in [0.05, 0.1) is 0 Å². The van der Waals surface area contributed by atoms with Crippen molar-refractivity contribution in [1.29, 1.82) is 0 Å². The Kier molecular flexibility index (Phi) is 4.87. The van der Waals surface area contributed by atoms with Crippen LogP contribution in [-0.4, -0.2) is 17.4 Å². The minimum Gasteiger partial charge on any atom is -0.355 e. The number of anilines is 3. The van der Waals surface area contributed by atoms with Gasteiger partial charge >= 0.3 is 0 Å². The number of para-hydroxylation sites is 2. The number of hydrogen-bond donors (Lipinski definition) is 1. The number of nitrogens with zero attached hydrogens (tertiary/aromatic N) is 2. The quantitative estimate of drug-likeness (QED) is 0.754. The van der Waals surface area contributed by atoms with Crippen molar-refractivity contribution in [3.63, 3.8) is 0 Å². The van der Waals surface area contributed by atoms with Gasteiger partial charge in [-0.15, -0.1) is 0 Å². The lowest BCUT2D eigenvalue weighted by Crippen LogP contribution is -2.31. The summed E-state index contributed by atoms with van der Waals surface area (Å²) in [6, 6.07) is 23.1. The summed E-state index contributed by atoms with van der Waals surface area (Å²) in [4.78, 5) is 18.8. The minimum atomic E-state index is -0.111. The molecular weight excluding hydrogens is 298 g/mol. The van der Waals surface area contributed by atoms with Gasteiger partial charge in [0.15, 0.2) is 0 Å². The smallest absolute Gasteiger partial charge is 0.276 e. The number of rotatable bonds is 5. The molecule has 0 unspecified atom stereocenters. The van der Waals surface area contributed by atoms with Crippen molar-refractivity contribution in [2.75, 3.05) is 16.8 Å². The Morgan fingerprint density at radius 2 is 1.62 bits per heavy atom. The van der Waals surface area contributed by atoms with Crippen LogP contribution in [0.2, 0.25) is 0 Å². The van der Waals surface area contributed by atoms with Gasteiger partial charge in [-0.1, -0.05) is 36.4 Å². The summed E-state index contributed by atoms with van der Waals surface area (Å²) in [6.07, 6.45) is 1.65. The number of nitrogens with one attached hydrogen (secondary N) is 1. The van der Waals surface area contributed by atoms with Crippen LogP contribution in [0.3, 0.4) is 0 Å².